The molecule has 0 fully saturated rings. The third-order valence-corrected chi connectivity index (χ3v) is 3.60. The molecule has 0 aromatic heterocycles. The quantitative estimate of drug-likeness (QED) is 0.340. The molecule has 0 N–H and O–H groups in total. The summed E-state index contributed by atoms with van der Waals surface area (Å²) in [6.45, 7) is 1.65. The number of halogens is 4. The Balaban J connectivity index is 3.51. The second-order valence-electron chi connectivity index (χ2n) is 2.15. The van der Waals surface area contributed by atoms with Crippen molar-refractivity contribution in [1.29, 1.82) is 0 Å². The Bertz CT molecular complexity index is 156. The van der Waals surface area contributed by atoms with Crippen molar-refractivity contribution in [1.82, 2.24) is 0 Å². The van der Waals surface area contributed by atoms with Crippen molar-refractivity contribution >= 4 is 56.8 Å². The van der Waals surface area contributed by atoms with Crippen LogP contribution in [0.15, 0.2) is 0 Å². The first-order chi connectivity index (χ1) is 5.33. The largest absolute Gasteiger partial charge is 0.465 e. The molecule has 12 heavy (non-hydrogen) atoms. The number of alkyl halides is 1. The Morgan fingerprint density at radius 3 is 2.33 bits per heavy atom. The van der Waals surface area contributed by atoms with Gasteiger partial charge in [-0.1, -0.05) is 0 Å². The lowest BCUT2D eigenvalue weighted by atomic mass is 10.5. The van der Waals surface area contributed by atoms with E-state index in [2.05, 4.69) is 4.74 Å². The van der Waals surface area contributed by atoms with Crippen LogP contribution in [0.1, 0.15) is 6.92 Å². The van der Waals surface area contributed by atoms with Gasteiger partial charge >= 0.3 is 12.0 Å². The SMILES string of the molecule is CC(Cl)C(=O)OCC[Si](Cl)(Cl)Cl. The minimum absolute atomic E-state index is 0.124. The molecular formula is C5H8Cl4O2Si. The summed E-state index contributed by atoms with van der Waals surface area (Å²) in [4.78, 5) is 10.8. The van der Waals surface area contributed by atoms with Crippen molar-refractivity contribution in [3.05, 3.63) is 0 Å². The van der Waals surface area contributed by atoms with Crippen molar-refractivity contribution in [3.8, 4) is 0 Å². The Hall–Kier alpha value is 0.847. The highest BCUT2D eigenvalue weighted by Gasteiger charge is 2.25. The molecule has 2 nitrogen and oxygen atoms in total. The smallest absolute Gasteiger partial charge is 0.344 e. The molecule has 0 radical (unpaired) electrons. The maximum atomic E-state index is 10.8. The summed E-state index contributed by atoms with van der Waals surface area (Å²) >= 11 is 22.0. The average molecular weight is 270 g/mol. The average Bonchev–Trinajstić information content (AvgIpc) is 1.84. The zero-order valence-electron chi connectivity index (χ0n) is 6.32. The predicted molar refractivity (Wildman–Crippen MR) is 54.4 cm³/mol. The normalized spacial score (nSPS) is 14.1. The molecule has 0 heterocycles. The summed E-state index contributed by atoms with van der Waals surface area (Å²) in [5.74, 6) is -0.486. The van der Waals surface area contributed by atoms with Gasteiger partial charge < -0.3 is 4.74 Å². The van der Waals surface area contributed by atoms with Gasteiger partial charge in [0.1, 0.15) is 5.38 Å². The van der Waals surface area contributed by atoms with Gasteiger partial charge in [-0.3, -0.25) is 4.79 Å². The summed E-state index contributed by atoms with van der Waals surface area (Å²) in [7, 11) is 0. The lowest BCUT2D eigenvalue weighted by molar-refractivity contribution is -0.142. The Morgan fingerprint density at radius 2 is 2.00 bits per heavy atom. The number of hydrogen-bond acceptors (Lipinski definition) is 2. The number of carbonyl (C=O) groups is 1. The highest BCUT2D eigenvalue weighted by Crippen LogP contribution is 2.24. The highest BCUT2D eigenvalue weighted by molar-refractivity contribution is 7.64. The Morgan fingerprint density at radius 1 is 1.50 bits per heavy atom. The summed E-state index contributed by atoms with van der Waals surface area (Å²) in [6, 6.07) is -2.36. The van der Waals surface area contributed by atoms with E-state index in [1.165, 1.54) is 6.92 Å². The van der Waals surface area contributed by atoms with Crippen LogP contribution in [0.3, 0.4) is 0 Å². The first-order valence-corrected chi connectivity index (χ1v) is 8.88. The molecule has 0 aliphatic carbocycles. The van der Waals surface area contributed by atoms with Crippen molar-refractivity contribution in [2.75, 3.05) is 6.61 Å². The third-order valence-electron chi connectivity index (χ3n) is 0.955. The van der Waals surface area contributed by atoms with E-state index in [0.29, 0.717) is 6.04 Å². The molecule has 0 spiro atoms. The van der Waals surface area contributed by atoms with Crippen molar-refractivity contribution in [2.24, 2.45) is 0 Å². The molecular weight excluding hydrogens is 262 g/mol. The standard InChI is InChI=1S/C5H8Cl4O2Si/c1-4(6)5(10)11-2-3-12(7,8)9/h4H,2-3H2,1H3. The fourth-order valence-corrected chi connectivity index (χ4v) is 1.47. The maximum absolute atomic E-state index is 10.8. The van der Waals surface area contributed by atoms with Crippen molar-refractivity contribution < 1.29 is 9.53 Å². The number of esters is 1. The maximum Gasteiger partial charge on any atom is 0.344 e. The second kappa shape index (κ2) is 5.55. The topological polar surface area (TPSA) is 26.3 Å². The number of carbonyl (C=O) groups excluding carboxylic acids is 1. The van der Waals surface area contributed by atoms with Crippen LogP contribution in [-0.2, 0) is 9.53 Å². The van der Waals surface area contributed by atoms with Gasteiger partial charge in [0.15, 0.2) is 0 Å². The summed E-state index contributed by atoms with van der Waals surface area (Å²) in [5, 5.41) is -0.651. The fraction of sp³-hybridized carbons (Fsp3) is 0.800. The zero-order valence-corrected chi connectivity index (χ0v) is 10.3. The Kier molecular flexibility index (Phi) is 5.94. The van der Waals surface area contributed by atoms with Gasteiger partial charge in [0, 0.05) is 6.04 Å². The van der Waals surface area contributed by atoms with Gasteiger partial charge in [-0.2, -0.15) is 0 Å². The first-order valence-electron chi connectivity index (χ1n) is 3.20. The summed E-state index contributed by atoms with van der Waals surface area (Å²) in [6.07, 6.45) is 0. The van der Waals surface area contributed by atoms with Gasteiger partial charge in [0.2, 0.25) is 0 Å². The molecule has 0 aliphatic rings. The number of ether oxygens (including phenoxy) is 1. The Labute approximate surface area is 91.2 Å². The third kappa shape index (κ3) is 7.49. The lowest BCUT2D eigenvalue weighted by Gasteiger charge is -2.08. The molecule has 0 aromatic rings. The lowest BCUT2D eigenvalue weighted by Crippen LogP contribution is -2.19. The van der Waals surface area contributed by atoms with E-state index in [0.717, 1.165) is 0 Å². The van der Waals surface area contributed by atoms with Crippen molar-refractivity contribution in [3.63, 3.8) is 0 Å². The van der Waals surface area contributed by atoms with E-state index < -0.39 is 17.3 Å². The van der Waals surface area contributed by atoms with Crippen LogP contribution in [0.25, 0.3) is 0 Å². The molecule has 0 aromatic carbocycles. The van der Waals surface area contributed by atoms with Crippen LogP contribution in [0.4, 0.5) is 0 Å². The molecule has 7 heteroatoms. The van der Waals surface area contributed by atoms with E-state index >= 15 is 0 Å². The van der Waals surface area contributed by atoms with Gasteiger partial charge in [-0.15, -0.1) is 44.8 Å². The van der Waals surface area contributed by atoms with Gasteiger partial charge in [0.05, 0.1) is 6.61 Å². The van der Waals surface area contributed by atoms with Crippen LogP contribution in [0.2, 0.25) is 6.04 Å². The van der Waals surface area contributed by atoms with Crippen LogP contribution in [0, 0.1) is 0 Å². The van der Waals surface area contributed by atoms with E-state index in [1.54, 1.807) is 0 Å². The van der Waals surface area contributed by atoms with Crippen LogP contribution < -0.4 is 0 Å². The molecule has 0 amide bonds. The van der Waals surface area contributed by atoms with E-state index in [4.69, 9.17) is 44.8 Å². The van der Waals surface area contributed by atoms with Crippen molar-refractivity contribution in [2.45, 2.75) is 18.3 Å². The molecule has 0 rings (SSSR count). The molecule has 1 unspecified atom stereocenters. The highest BCUT2D eigenvalue weighted by atomic mass is 35.8. The minimum atomic E-state index is -2.66. The molecule has 72 valence electrons. The van der Waals surface area contributed by atoms with Gasteiger partial charge in [-0.05, 0) is 6.92 Å². The zero-order chi connectivity index (χ0) is 9.78. The first kappa shape index (κ1) is 12.8. The van der Waals surface area contributed by atoms with Crippen LogP contribution >= 0.6 is 44.8 Å². The number of hydrogen-bond donors (Lipinski definition) is 0. The monoisotopic (exact) mass is 268 g/mol. The second-order valence-corrected chi connectivity index (χ2v) is 12.1. The van der Waals surface area contributed by atoms with E-state index in [1.807, 2.05) is 0 Å². The fourth-order valence-electron chi connectivity index (χ4n) is 0.382. The molecule has 0 bridgehead atoms. The minimum Gasteiger partial charge on any atom is -0.465 e. The van der Waals surface area contributed by atoms with E-state index in [9.17, 15) is 4.79 Å². The van der Waals surface area contributed by atoms with Crippen LogP contribution in [-0.4, -0.2) is 24.0 Å². The predicted octanol–water partition coefficient (Wildman–Crippen LogP) is 2.81. The molecule has 0 saturated heterocycles. The van der Waals surface area contributed by atoms with Crippen LogP contribution in [0.5, 0.6) is 0 Å². The van der Waals surface area contributed by atoms with Gasteiger partial charge in [-0.25, -0.2) is 0 Å². The summed E-state index contributed by atoms with van der Waals surface area (Å²) in [5.41, 5.74) is 0. The molecule has 0 aliphatic heterocycles. The number of rotatable bonds is 4. The van der Waals surface area contributed by atoms with Gasteiger partial charge in [0.25, 0.3) is 0 Å². The summed E-state index contributed by atoms with van der Waals surface area (Å²) < 4.78 is 4.69. The molecule has 0 saturated carbocycles. The molecule has 1 atom stereocenters. The van der Waals surface area contributed by atoms with E-state index in [-0.39, 0.29) is 6.61 Å².